The first kappa shape index (κ1) is 14.9. The Morgan fingerprint density at radius 1 is 1.20 bits per heavy atom. The molecule has 1 fully saturated rings. The molecule has 0 bridgehead atoms. The molecule has 1 amide bonds. The van der Waals surface area contributed by atoms with Crippen LogP contribution in [0.25, 0.3) is 0 Å². The molecule has 0 unspecified atom stereocenters. The highest BCUT2D eigenvalue weighted by Crippen LogP contribution is 2.29. The second-order valence-corrected chi connectivity index (χ2v) is 5.78. The lowest BCUT2D eigenvalue weighted by molar-refractivity contribution is -0.119. The van der Waals surface area contributed by atoms with Crippen LogP contribution in [-0.2, 0) is 11.2 Å². The Kier molecular flexibility index (Phi) is 5.45. The van der Waals surface area contributed by atoms with E-state index in [0.29, 0.717) is 12.5 Å². The van der Waals surface area contributed by atoms with E-state index in [1.54, 1.807) is 7.05 Å². The van der Waals surface area contributed by atoms with E-state index in [9.17, 15) is 4.79 Å². The minimum absolute atomic E-state index is 0.0638. The van der Waals surface area contributed by atoms with Crippen LogP contribution >= 0.6 is 0 Å². The van der Waals surface area contributed by atoms with E-state index < -0.39 is 0 Å². The molecule has 0 aromatic heterocycles. The molecule has 2 rings (SSSR count). The number of amides is 1. The summed E-state index contributed by atoms with van der Waals surface area (Å²) < 4.78 is 0. The van der Waals surface area contributed by atoms with E-state index in [0.717, 1.165) is 17.2 Å². The minimum atomic E-state index is 0.0638. The predicted molar refractivity (Wildman–Crippen MR) is 83.9 cm³/mol. The van der Waals surface area contributed by atoms with Crippen LogP contribution in [-0.4, -0.2) is 19.0 Å². The highest BCUT2D eigenvalue weighted by molar-refractivity contribution is 5.80. The molecular weight excluding hydrogens is 248 g/mol. The lowest BCUT2D eigenvalue weighted by Gasteiger charge is -2.29. The summed E-state index contributed by atoms with van der Waals surface area (Å²) in [6, 6.07) is 8.72. The summed E-state index contributed by atoms with van der Waals surface area (Å²) in [5, 5.41) is 6.33. The summed E-state index contributed by atoms with van der Waals surface area (Å²) in [6.07, 6.45) is 6.89. The van der Waals surface area contributed by atoms with Gasteiger partial charge in [-0.3, -0.25) is 4.79 Å². The van der Waals surface area contributed by atoms with Gasteiger partial charge in [0.25, 0.3) is 0 Å². The maximum absolute atomic E-state index is 11.6. The number of benzene rings is 1. The molecule has 1 aromatic carbocycles. The minimum Gasteiger partial charge on any atom is -0.382 e. The lowest BCUT2D eigenvalue weighted by Crippen LogP contribution is -2.27. The van der Waals surface area contributed by atoms with Crippen molar-refractivity contribution in [3.63, 3.8) is 0 Å². The zero-order valence-corrected chi connectivity index (χ0v) is 12.6. The second kappa shape index (κ2) is 7.32. The van der Waals surface area contributed by atoms with E-state index in [2.05, 4.69) is 23.6 Å². The molecule has 0 aliphatic heterocycles. The molecule has 0 heterocycles. The van der Waals surface area contributed by atoms with Gasteiger partial charge in [0.15, 0.2) is 0 Å². The number of nitrogens with one attached hydrogen (secondary N) is 2. The molecule has 2 N–H and O–H groups in total. The van der Waals surface area contributed by atoms with Crippen LogP contribution < -0.4 is 10.6 Å². The van der Waals surface area contributed by atoms with Crippen LogP contribution in [0.4, 0.5) is 5.69 Å². The van der Waals surface area contributed by atoms with Crippen LogP contribution in [0, 0.1) is 5.92 Å². The van der Waals surface area contributed by atoms with Gasteiger partial charge >= 0.3 is 0 Å². The van der Waals surface area contributed by atoms with Crippen molar-refractivity contribution in [2.24, 2.45) is 5.92 Å². The zero-order chi connectivity index (χ0) is 14.4. The highest BCUT2D eigenvalue weighted by atomic mass is 16.1. The summed E-state index contributed by atoms with van der Waals surface area (Å²) in [7, 11) is 1.68. The van der Waals surface area contributed by atoms with Crippen molar-refractivity contribution in [3.05, 3.63) is 29.8 Å². The Bertz CT molecular complexity index is 436. The lowest BCUT2D eigenvalue weighted by atomic mass is 9.84. The average molecular weight is 274 g/mol. The third-order valence-corrected chi connectivity index (χ3v) is 4.43. The van der Waals surface area contributed by atoms with Crippen molar-refractivity contribution in [3.8, 4) is 0 Å². The molecule has 0 radical (unpaired) electrons. The number of para-hydroxylation sites is 1. The van der Waals surface area contributed by atoms with Crippen molar-refractivity contribution < 1.29 is 4.79 Å². The van der Waals surface area contributed by atoms with Gasteiger partial charge in [0, 0.05) is 18.8 Å². The van der Waals surface area contributed by atoms with E-state index in [1.807, 2.05) is 18.2 Å². The molecule has 110 valence electrons. The maximum atomic E-state index is 11.6. The maximum Gasteiger partial charge on any atom is 0.224 e. The first-order chi connectivity index (χ1) is 9.72. The fraction of sp³-hybridized carbons (Fsp3) is 0.588. The van der Waals surface area contributed by atoms with E-state index in [-0.39, 0.29) is 5.91 Å². The fourth-order valence-electron chi connectivity index (χ4n) is 3.01. The van der Waals surface area contributed by atoms with Gasteiger partial charge in [0.1, 0.15) is 0 Å². The third kappa shape index (κ3) is 3.99. The van der Waals surface area contributed by atoms with Gasteiger partial charge < -0.3 is 10.6 Å². The number of hydrogen-bond donors (Lipinski definition) is 2. The molecule has 3 heteroatoms. The van der Waals surface area contributed by atoms with Crippen molar-refractivity contribution in [1.82, 2.24) is 5.32 Å². The van der Waals surface area contributed by atoms with Gasteiger partial charge in [-0.25, -0.2) is 0 Å². The number of carbonyl (C=O) groups excluding carboxylic acids is 1. The second-order valence-electron chi connectivity index (χ2n) is 5.78. The molecule has 0 saturated heterocycles. The quantitative estimate of drug-likeness (QED) is 0.864. The van der Waals surface area contributed by atoms with Crippen LogP contribution in [0.3, 0.4) is 0 Å². The largest absolute Gasteiger partial charge is 0.382 e. The average Bonchev–Trinajstić information content (AvgIpc) is 2.50. The van der Waals surface area contributed by atoms with E-state index >= 15 is 0 Å². The van der Waals surface area contributed by atoms with Gasteiger partial charge in [0.05, 0.1) is 6.42 Å². The highest BCUT2D eigenvalue weighted by Gasteiger charge is 2.20. The Morgan fingerprint density at radius 2 is 1.90 bits per heavy atom. The Balaban J connectivity index is 1.97. The molecule has 1 aliphatic carbocycles. The Hall–Kier alpha value is -1.51. The molecule has 1 aromatic rings. The number of carbonyl (C=O) groups is 1. The predicted octanol–water partition coefficient (Wildman–Crippen LogP) is 3.36. The molecule has 1 saturated carbocycles. The Morgan fingerprint density at radius 3 is 2.55 bits per heavy atom. The number of hydrogen-bond acceptors (Lipinski definition) is 2. The van der Waals surface area contributed by atoms with Crippen molar-refractivity contribution in [2.75, 3.05) is 12.4 Å². The fourth-order valence-corrected chi connectivity index (χ4v) is 3.01. The smallest absolute Gasteiger partial charge is 0.224 e. The Labute approximate surface area is 122 Å². The molecule has 20 heavy (non-hydrogen) atoms. The molecular formula is C17H26N2O. The molecule has 0 spiro atoms. The standard InChI is InChI=1S/C17H26N2O/c1-3-13-8-10-15(11-9-13)19-16-7-5-4-6-14(16)12-17(20)18-2/h4-7,13,15,19H,3,8-12H2,1-2H3,(H,18,20). The number of likely N-dealkylation sites (N-methyl/N-ethyl adjacent to an activating group) is 1. The van der Waals surface area contributed by atoms with Gasteiger partial charge in [-0.1, -0.05) is 31.5 Å². The summed E-state index contributed by atoms with van der Waals surface area (Å²) in [4.78, 5) is 11.6. The summed E-state index contributed by atoms with van der Waals surface area (Å²) >= 11 is 0. The first-order valence-corrected chi connectivity index (χ1v) is 7.78. The monoisotopic (exact) mass is 274 g/mol. The SMILES string of the molecule is CCC1CCC(Nc2ccccc2CC(=O)NC)CC1. The topological polar surface area (TPSA) is 41.1 Å². The van der Waals surface area contributed by atoms with Crippen LogP contribution in [0.1, 0.15) is 44.6 Å². The third-order valence-electron chi connectivity index (χ3n) is 4.43. The normalized spacial score (nSPS) is 22.3. The molecule has 3 nitrogen and oxygen atoms in total. The number of rotatable bonds is 5. The van der Waals surface area contributed by atoms with Gasteiger partial charge in [0.2, 0.25) is 5.91 Å². The van der Waals surface area contributed by atoms with Crippen LogP contribution in [0.15, 0.2) is 24.3 Å². The molecule has 1 aliphatic rings. The number of anilines is 1. The van der Waals surface area contributed by atoms with Crippen molar-refractivity contribution in [2.45, 2.75) is 51.5 Å². The van der Waals surface area contributed by atoms with Gasteiger partial charge in [-0.2, -0.15) is 0 Å². The summed E-state index contributed by atoms with van der Waals surface area (Å²) in [5.41, 5.74) is 2.21. The van der Waals surface area contributed by atoms with Crippen molar-refractivity contribution in [1.29, 1.82) is 0 Å². The van der Waals surface area contributed by atoms with Crippen LogP contribution in [0.5, 0.6) is 0 Å². The summed E-state index contributed by atoms with van der Waals surface area (Å²) in [5.74, 6) is 0.975. The van der Waals surface area contributed by atoms with E-state index in [1.165, 1.54) is 32.1 Å². The zero-order valence-electron chi connectivity index (χ0n) is 12.6. The van der Waals surface area contributed by atoms with Gasteiger partial charge in [-0.15, -0.1) is 0 Å². The first-order valence-electron chi connectivity index (χ1n) is 7.78. The van der Waals surface area contributed by atoms with Crippen LogP contribution in [0.2, 0.25) is 0 Å². The molecule has 0 atom stereocenters. The van der Waals surface area contributed by atoms with Gasteiger partial charge in [-0.05, 0) is 43.2 Å². The van der Waals surface area contributed by atoms with E-state index in [4.69, 9.17) is 0 Å². The summed E-state index contributed by atoms with van der Waals surface area (Å²) in [6.45, 7) is 2.29. The van der Waals surface area contributed by atoms with Crippen molar-refractivity contribution >= 4 is 11.6 Å².